The zero-order valence-corrected chi connectivity index (χ0v) is 13.0. The van der Waals surface area contributed by atoms with Crippen molar-refractivity contribution in [2.75, 3.05) is 13.7 Å². The number of hydrogen-bond acceptors (Lipinski definition) is 3. The van der Waals surface area contributed by atoms with Crippen LogP contribution in [0, 0.1) is 0 Å². The quantitative estimate of drug-likeness (QED) is 0.869. The third-order valence-electron chi connectivity index (χ3n) is 2.94. The van der Waals surface area contributed by atoms with Crippen molar-refractivity contribution in [2.45, 2.75) is 38.9 Å². The Kier molecular flexibility index (Phi) is 5.63. The Bertz CT molecular complexity index is 389. The zero-order chi connectivity index (χ0) is 13.8. The van der Waals surface area contributed by atoms with Crippen molar-refractivity contribution in [1.82, 2.24) is 0 Å². The Labute approximate surface area is 117 Å². The summed E-state index contributed by atoms with van der Waals surface area (Å²) in [6, 6.07) is 5.65. The van der Waals surface area contributed by atoms with Gasteiger partial charge in [0.15, 0.2) is 0 Å². The molecule has 0 saturated heterocycles. The SMILES string of the molecule is COC(C)(C)CCOc1ccc(Br)cc1[C@@H](C)O. The van der Waals surface area contributed by atoms with Gasteiger partial charge in [-0.15, -0.1) is 0 Å². The minimum atomic E-state index is -0.548. The molecule has 0 aliphatic carbocycles. The monoisotopic (exact) mass is 316 g/mol. The van der Waals surface area contributed by atoms with Gasteiger partial charge in [0.25, 0.3) is 0 Å². The number of aliphatic hydroxyl groups is 1. The average molecular weight is 317 g/mol. The van der Waals surface area contributed by atoms with Crippen LogP contribution < -0.4 is 4.74 Å². The third-order valence-corrected chi connectivity index (χ3v) is 3.43. The molecule has 0 fully saturated rings. The molecule has 102 valence electrons. The van der Waals surface area contributed by atoms with E-state index in [1.54, 1.807) is 14.0 Å². The summed E-state index contributed by atoms with van der Waals surface area (Å²) in [6.07, 6.45) is 0.242. The molecule has 0 spiro atoms. The molecule has 1 aromatic rings. The van der Waals surface area contributed by atoms with Gasteiger partial charge in [0.2, 0.25) is 0 Å². The molecular weight excluding hydrogens is 296 g/mol. The van der Waals surface area contributed by atoms with Crippen molar-refractivity contribution in [3.05, 3.63) is 28.2 Å². The van der Waals surface area contributed by atoms with E-state index in [9.17, 15) is 5.11 Å². The highest BCUT2D eigenvalue weighted by Gasteiger charge is 2.17. The molecular formula is C14H21BrO3. The van der Waals surface area contributed by atoms with Gasteiger partial charge < -0.3 is 14.6 Å². The summed E-state index contributed by atoms with van der Waals surface area (Å²) in [5.41, 5.74) is 0.597. The fraction of sp³-hybridized carbons (Fsp3) is 0.571. The Balaban J connectivity index is 2.67. The first-order valence-corrected chi connectivity index (χ1v) is 6.80. The lowest BCUT2D eigenvalue weighted by Crippen LogP contribution is -2.25. The maximum absolute atomic E-state index is 9.71. The number of ether oxygens (including phenoxy) is 2. The Morgan fingerprint density at radius 1 is 1.39 bits per heavy atom. The van der Waals surface area contributed by atoms with E-state index >= 15 is 0 Å². The van der Waals surface area contributed by atoms with Crippen molar-refractivity contribution >= 4 is 15.9 Å². The van der Waals surface area contributed by atoms with E-state index in [1.807, 2.05) is 32.0 Å². The second kappa shape index (κ2) is 6.55. The molecule has 0 aliphatic rings. The average Bonchev–Trinajstić information content (AvgIpc) is 2.30. The molecule has 0 heterocycles. The normalized spacial score (nSPS) is 13.4. The van der Waals surface area contributed by atoms with Crippen LogP contribution in [0.5, 0.6) is 5.75 Å². The van der Waals surface area contributed by atoms with Gasteiger partial charge in [-0.25, -0.2) is 0 Å². The highest BCUT2D eigenvalue weighted by atomic mass is 79.9. The first-order valence-electron chi connectivity index (χ1n) is 6.01. The number of benzene rings is 1. The van der Waals surface area contributed by atoms with Crippen LogP contribution in [-0.4, -0.2) is 24.4 Å². The lowest BCUT2D eigenvalue weighted by molar-refractivity contribution is 0.00522. The fourth-order valence-electron chi connectivity index (χ4n) is 1.49. The van der Waals surface area contributed by atoms with Crippen molar-refractivity contribution in [3.8, 4) is 5.75 Å². The molecule has 0 aliphatic heterocycles. The maximum atomic E-state index is 9.71. The fourth-order valence-corrected chi connectivity index (χ4v) is 1.86. The summed E-state index contributed by atoms with van der Waals surface area (Å²) in [7, 11) is 1.70. The molecule has 1 N–H and O–H groups in total. The highest BCUT2D eigenvalue weighted by Crippen LogP contribution is 2.29. The molecule has 1 rings (SSSR count). The summed E-state index contributed by atoms with van der Waals surface area (Å²) >= 11 is 3.39. The van der Waals surface area contributed by atoms with Gasteiger partial charge in [-0.1, -0.05) is 15.9 Å². The third kappa shape index (κ3) is 4.59. The number of hydrogen-bond donors (Lipinski definition) is 1. The minimum absolute atomic E-state index is 0.194. The molecule has 18 heavy (non-hydrogen) atoms. The molecule has 0 amide bonds. The van der Waals surface area contributed by atoms with E-state index in [-0.39, 0.29) is 5.60 Å². The van der Waals surface area contributed by atoms with Crippen molar-refractivity contribution in [1.29, 1.82) is 0 Å². The van der Waals surface area contributed by atoms with Crippen LogP contribution in [0.2, 0.25) is 0 Å². The summed E-state index contributed by atoms with van der Waals surface area (Å²) in [6.45, 7) is 6.33. The van der Waals surface area contributed by atoms with Crippen LogP contribution in [0.1, 0.15) is 38.9 Å². The number of aliphatic hydroxyl groups excluding tert-OH is 1. The van der Waals surface area contributed by atoms with Gasteiger partial charge >= 0.3 is 0 Å². The first kappa shape index (κ1) is 15.5. The topological polar surface area (TPSA) is 38.7 Å². The smallest absolute Gasteiger partial charge is 0.125 e. The van der Waals surface area contributed by atoms with E-state index in [4.69, 9.17) is 9.47 Å². The van der Waals surface area contributed by atoms with Gasteiger partial charge in [-0.3, -0.25) is 0 Å². The van der Waals surface area contributed by atoms with E-state index in [0.717, 1.165) is 22.2 Å². The predicted octanol–water partition coefficient (Wildman–Crippen LogP) is 3.70. The summed E-state index contributed by atoms with van der Waals surface area (Å²) in [5.74, 6) is 0.722. The van der Waals surface area contributed by atoms with Crippen molar-refractivity contribution < 1.29 is 14.6 Å². The number of halogens is 1. The van der Waals surface area contributed by atoms with Crippen LogP contribution in [0.15, 0.2) is 22.7 Å². The molecule has 3 nitrogen and oxygen atoms in total. The van der Waals surface area contributed by atoms with Crippen molar-refractivity contribution in [3.63, 3.8) is 0 Å². The van der Waals surface area contributed by atoms with Gasteiger partial charge in [0.05, 0.1) is 18.3 Å². The van der Waals surface area contributed by atoms with Gasteiger partial charge in [-0.2, -0.15) is 0 Å². The number of methoxy groups -OCH3 is 1. The summed E-state index contributed by atoms with van der Waals surface area (Å²) in [4.78, 5) is 0. The molecule has 0 unspecified atom stereocenters. The second-order valence-electron chi connectivity index (χ2n) is 4.92. The standard InChI is InChI=1S/C14H21BrO3/c1-10(16)12-9-11(15)5-6-13(12)18-8-7-14(2,3)17-4/h5-6,9-10,16H,7-8H2,1-4H3/t10-/m1/s1. The number of rotatable bonds is 6. The summed E-state index contributed by atoms with van der Waals surface area (Å²) in [5, 5.41) is 9.71. The van der Waals surface area contributed by atoms with Gasteiger partial charge in [0, 0.05) is 23.6 Å². The second-order valence-corrected chi connectivity index (χ2v) is 5.84. The molecule has 1 atom stereocenters. The highest BCUT2D eigenvalue weighted by molar-refractivity contribution is 9.10. The van der Waals surface area contributed by atoms with E-state index in [1.165, 1.54) is 0 Å². The van der Waals surface area contributed by atoms with Gasteiger partial charge in [-0.05, 0) is 39.0 Å². The van der Waals surface area contributed by atoms with Crippen LogP contribution in [0.25, 0.3) is 0 Å². The van der Waals surface area contributed by atoms with Crippen LogP contribution >= 0.6 is 15.9 Å². The lowest BCUT2D eigenvalue weighted by Gasteiger charge is -2.23. The molecule has 0 saturated carbocycles. The first-order chi connectivity index (χ1) is 8.35. The van der Waals surface area contributed by atoms with E-state index < -0.39 is 6.10 Å². The molecule has 1 aromatic carbocycles. The molecule has 4 heteroatoms. The minimum Gasteiger partial charge on any atom is -0.493 e. The van der Waals surface area contributed by atoms with E-state index in [0.29, 0.717) is 6.61 Å². The van der Waals surface area contributed by atoms with Crippen LogP contribution in [-0.2, 0) is 4.74 Å². The zero-order valence-electron chi connectivity index (χ0n) is 11.4. The van der Waals surface area contributed by atoms with Crippen molar-refractivity contribution in [2.24, 2.45) is 0 Å². The van der Waals surface area contributed by atoms with Crippen LogP contribution in [0.3, 0.4) is 0 Å². The molecule has 0 aromatic heterocycles. The lowest BCUT2D eigenvalue weighted by atomic mass is 10.1. The molecule has 0 radical (unpaired) electrons. The summed E-state index contributed by atoms with van der Waals surface area (Å²) < 4.78 is 12.0. The Morgan fingerprint density at radius 2 is 2.06 bits per heavy atom. The largest absolute Gasteiger partial charge is 0.493 e. The maximum Gasteiger partial charge on any atom is 0.125 e. The van der Waals surface area contributed by atoms with Crippen LogP contribution in [0.4, 0.5) is 0 Å². The Hall–Kier alpha value is -0.580. The predicted molar refractivity (Wildman–Crippen MR) is 76.0 cm³/mol. The van der Waals surface area contributed by atoms with Gasteiger partial charge in [0.1, 0.15) is 5.75 Å². The van der Waals surface area contributed by atoms with E-state index in [2.05, 4.69) is 15.9 Å². The molecule has 0 bridgehead atoms. The Morgan fingerprint density at radius 3 is 2.61 bits per heavy atom.